The van der Waals surface area contributed by atoms with E-state index in [0.29, 0.717) is 38.5 Å². The Morgan fingerprint density at radius 3 is 2.60 bits per heavy atom. The Balaban J connectivity index is 1.28. The van der Waals surface area contributed by atoms with Crippen LogP contribution < -0.4 is 0 Å². The van der Waals surface area contributed by atoms with Gasteiger partial charge >= 0.3 is 6.09 Å². The predicted octanol–water partition coefficient (Wildman–Crippen LogP) is 1.38. The molecule has 4 saturated heterocycles. The Morgan fingerprint density at radius 2 is 1.91 bits per heavy atom. The van der Waals surface area contributed by atoms with Crippen molar-refractivity contribution in [3.8, 4) is 0 Å². The number of hydrogen-bond donors (Lipinski definition) is 0. The maximum absolute atomic E-state index is 14.0. The molecule has 7 atom stereocenters. The van der Waals surface area contributed by atoms with Crippen LogP contribution in [0.3, 0.4) is 0 Å². The number of amides is 3. The van der Waals surface area contributed by atoms with Gasteiger partial charge in [0.25, 0.3) is 0 Å². The summed E-state index contributed by atoms with van der Waals surface area (Å²) >= 11 is 0. The molecule has 2 bridgehead atoms. The van der Waals surface area contributed by atoms with Crippen LogP contribution in [0.25, 0.3) is 0 Å². The number of rotatable bonds is 3. The Bertz CT molecular complexity index is 1090. The Hall–Kier alpha value is -3.14. The van der Waals surface area contributed by atoms with Crippen LogP contribution in [-0.4, -0.2) is 88.9 Å². The minimum atomic E-state index is -1.00. The zero-order chi connectivity index (χ0) is 24.5. The highest BCUT2D eigenvalue weighted by molar-refractivity contribution is 5.96. The molecule has 10 nitrogen and oxygen atoms in total. The molecule has 0 saturated carbocycles. The molecule has 0 N–H and O–H groups in total. The van der Waals surface area contributed by atoms with Crippen molar-refractivity contribution >= 4 is 23.7 Å². The molecule has 1 aromatic heterocycles. The summed E-state index contributed by atoms with van der Waals surface area (Å²) in [4.78, 5) is 57.9. The third kappa shape index (κ3) is 3.05. The first-order valence-corrected chi connectivity index (χ1v) is 12.3. The fraction of sp³-hybridized carbons (Fsp3) is 0.600. The van der Waals surface area contributed by atoms with Gasteiger partial charge in [0.15, 0.2) is 0 Å². The van der Waals surface area contributed by atoms with Crippen molar-refractivity contribution in [1.29, 1.82) is 0 Å². The van der Waals surface area contributed by atoms with E-state index in [0.717, 1.165) is 0 Å². The third-order valence-electron chi connectivity index (χ3n) is 8.35. The number of Topliss-reactive ketones (excluding diaryl/α,β-unsaturated/α-hetero) is 1. The zero-order valence-electron chi connectivity index (χ0n) is 19.8. The van der Waals surface area contributed by atoms with Gasteiger partial charge < -0.3 is 28.6 Å². The van der Waals surface area contributed by atoms with E-state index in [-0.39, 0.29) is 30.1 Å². The highest BCUT2D eigenvalue weighted by Gasteiger charge is 2.74. The normalized spacial score (nSPS) is 37.6. The summed E-state index contributed by atoms with van der Waals surface area (Å²) in [6.07, 6.45) is 4.61. The maximum Gasteiger partial charge on any atom is 0.409 e. The molecule has 0 aliphatic carbocycles. The van der Waals surface area contributed by atoms with Crippen molar-refractivity contribution in [2.75, 3.05) is 32.8 Å². The van der Waals surface area contributed by atoms with Gasteiger partial charge in [0.2, 0.25) is 11.8 Å². The molecule has 6 rings (SSSR count). The lowest BCUT2D eigenvalue weighted by atomic mass is 9.70. The molecule has 186 valence electrons. The minimum absolute atomic E-state index is 0.0563. The summed E-state index contributed by atoms with van der Waals surface area (Å²) < 4.78 is 17.1. The minimum Gasteiger partial charge on any atom is -0.467 e. The number of furan rings is 1. The largest absolute Gasteiger partial charge is 0.467 e. The second-order valence-corrected chi connectivity index (χ2v) is 9.99. The molecular formula is C25H29N3O7. The number of fused-ring (bicyclic) bond motifs is 2. The van der Waals surface area contributed by atoms with Crippen LogP contribution in [-0.2, 0) is 23.9 Å². The van der Waals surface area contributed by atoms with Gasteiger partial charge in [-0.2, -0.15) is 0 Å². The molecule has 0 unspecified atom stereocenters. The summed E-state index contributed by atoms with van der Waals surface area (Å²) in [6, 6.07) is 2.53. The molecule has 1 aromatic rings. The summed E-state index contributed by atoms with van der Waals surface area (Å²) in [5, 5.41) is 0. The number of carbonyl (C=O) groups excluding carboxylic acids is 4. The molecule has 10 heteroatoms. The second kappa shape index (κ2) is 7.94. The fourth-order valence-electron chi connectivity index (χ4n) is 6.78. The first-order valence-electron chi connectivity index (χ1n) is 12.3. The van der Waals surface area contributed by atoms with Crippen molar-refractivity contribution in [2.45, 2.75) is 44.1 Å². The highest BCUT2D eigenvalue weighted by atomic mass is 16.6. The van der Waals surface area contributed by atoms with Crippen LogP contribution in [0.15, 0.2) is 35.0 Å². The average Bonchev–Trinajstić information content (AvgIpc) is 3.64. The van der Waals surface area contributed by atoms with Gasteiger partial charge in [-0.3, -0.25) is 14.4 Å². The van der Waals surface area contributed by atoms with Crippen molar-refractivity contribution in [1.82, 2.24) is 14.7 Å². The quantitative estimate of drug-likeness (QED) is 0.598. The Morgan fingerprint density at radius 1 is 1.17 bits per heavy atom. The van der Waals surface area contributed by atoms with Crippen molar-refractivity contribution in [3.05, 3.63) is 36.3 Å². The standard InChI is InChI=1S/C25H29N3O7/c1-3-33-24(32)27-10-8-26(9-11-27)22(30)19-18-6-7-25(35-18)20(19)23(31)28-15(17-5-4-12-34-17)13-16(29)14(2)21(25)28/h4-7,12,14-15,18-21H,3,8-11,13H2,1-2H3/t14-,15+,18+,19-,20-,21+,25-/m0/s1. The van der Waals surface area contributed by atoms with Crippen LogP contribution >= 0.6 is 0 Å². The van der Waals surface area contributed by atoms with Gasteiger partial charge in [0, 0.05) is 38.5 Å². The lowest BCUT2D eigenvalue weighted by Gasteiger charge is -2.43. The fourth-order valence-corrected chi connectivity index (χ4v) is 6.78. The topological polar surface area (TPSA) is 110 Å². The molecule has 1 spiro atoms. The van der Waals surface area contributed by atoms with Gasteiger partial charge in [-0.25, -0.2) is 4.79 Å². The van der Waals surface area contributed by atoms with E-state index in [9.17, 15) is 19.2 Å². The van der Waals surface area contributed by atoms with E-state index in [2.05, 4.69) is 0 Å². The maximum atomic E-state index is 14.0. The molecule has 0 radical (unpaired) electrons. The van der Waals surface area contributed by atoms with Gasteiger partial charge in [-0.15, -0.1) is 0 Å². The van der Waals surface area contributed by atoms with Crippen molar-refractivity contribution in [2.24, 2.45) is 17.8 Å². The number of piperazine rings is 1. The van der Waals surface area contributed by atoms with Crippen LogP contribution in [0, 0.1) is 17.8 Å². The predicted molar refractivity (Wildman–Crippen MR) is 120 cm³/mol. The van der Waals surface area contributed by atoms with E-state index in [4.69, 9.17) is 13.9 Å². The lowest BCUT2D eigenvalue weighted by Crippen LogP contribution is -2.55. The SMILES string of the molecule is CCOC(=O)N1CCN(C(=O)[C@@H]2[C@H]3C(=O)N4[C@@H](c5ccco5)CC(=O)[C@H](C)[C@@H]4[C@]34C=C[C@H]2O4)CC1. The summed E-state index contributed by atoms with van der Waals surface area (Å²) in [5.74, 6) is -1.45. The molecular weight excluding hydrogens is 454 g/mol. The first-order chi connectivity index (χ1) is 16.9. The number of ether oxygens (including phenoxy) is 2. The molecule has 3 amide bonds. The monoisotopic (exact) mass is 483 g/mol. The van der Waals surface area contributed by atoms with E-state index in [1.54, 1.807) is 33.8 Å². The second-order valence-electron chi connectivity index (χ2n) is 9.99. The number of carbonyl (C=O) groups is 4. The summed E-state index contributed by atoms with van der Waals surface area (Å²) in [6.45, 7) is 5.40. The van der Waals surface area contributed by atoms with E-state index < -0.39 is 41.5 Å². The first kappa shape index (κ1) is 22.3. The van der Waals surface area contributed by atoms with Crippen molar-refractivity contribution < 1.29 is 33.1 Å². The molecule has 5 aliphatic heterocycles. The highest BCUT2D eigenvalue weighted by Crippen LogP contribution is 2.60. The number of ketones is 1. The molecule has 35 heavy (non-hydrogen) atoms. The van der Waals surface area contributed by atoms with Crippen LogP contribution in [0.1, 0.15) is 32.1 Å². The van der Waals surface area contributed by atoms with E-state index in [1.165, 1.54) is 6.26 Å². The van der Waals surface area contributed by atoms with Gasteiger partial charge in [-0.1, -0.05) is 19.1 Å². The van der Waals surface area contributed by atoms with Crippen molar-refractivity contribution in [3.63, 3.8) is 0 Å². The Kier molecular flexibility index (Phi) is 5.07. The molecule has 5 aliphatic rings. The summed E-state index contributed by atoms with van der Waals surface area (Å²) in [7, 11) is 0. The number of piperidine rings is 1. The summed E-state index contributed by atoms with van der Waals surface area (Å²) in [5.41, 5.74) is -1.00. The van der Waals surface area contributed by atoms with Gasteiger partial charge in [-0.05, 0) is 19.1 Å². The third-order valence-corrected chi connectivity index (χ3v) is 8.35. The van der Waals surface area contributed by atoms with E-state index >= 15 is 0 Å². The van der Waals surface area contributed by atoms with Gasteiger partial charge in [0.1, 0.15) is 17.1 Å². The molecule has 4 fully saturated rings. The van der Waals surface area contributed by atoms with Gasteiger partial charge in [0.05, 0.1) is 42.9 Å². The zero-order valence-corrected chi connectivity index (χ0v) is 19.8. The van der Waals surface area contributed by atoms with Crippen LogP contribution in [0.2, 0.25) is 0 Å². The van der Waals surface area contributed by atoms with Crippen LogP contribution in [0.4, 0.5) is 4.79 Å². The average molecular weight is 484 g/mol. The smallest absolute Gasteiger partial charge is 0.409 e. The molecule has 6 heterocycles. The number of hydrogen-bond acceptors (Lipinski definition) is 7. The van der Waals surface area contributed by atoms with Crippen LogP contribution in [0.5, 0.6) is 0 Å². The van der Waals surface area contributed by atoms with E-state index in [1.807, 2.05) is 19.1 Å². The number of nitrogens with zero attached hydrogens (tertiary/aromatic N) is 3. The lowest BCUT2D eigenvalue weighted by molar-refractivity contribution is -0.150. The Labute approximate surface area is 202 Å². The molecule has 0 aromatic carbocycles.